The molecule has 1 aromatic carbocycles. The molecule has 0 bridgehead atoms. The highest BCUT2D eigenvalue weighted by Crippen LogP contribution is 2.17. The van der Waals surface area contributed by atoms with Crippen molar-refractivity contribution in [1.29, 1.82) is 0 Å². The molecule has 1 atom stereocenters. The molecule has 0 saturated heterocycles. The third-order valence-electron chi connectivity index (χ3n) is 3.38. The smallest absolute Gasteiger partial charge is 0.105 e. The van der Waals surface area contributed by atoms with Gasteiger partial charge in [0.15, 0.2) is 0 Å². The first-order valence-corrected chi connectivity index (χ1v) is 6.61. The van der Waals surface area contributed by atoms with Crippen LogP contribution >= 0.6 is 0 Å². The summed E-state index contributed by atoms with van der Waals surface area (Å²) in [7, 11) is 2.06. The minimum absolute atomic E-state index is 0.394. The van der Waals surface area contributed by atoms with Crippen LogP contribution in [0.5, 0.6) is 0 Å². The second-order valence-electron chi connectivity index (χ2n) is 4.95. The van der Waals surface area contributed by atoms with Crippen LogP contribution in [-0.2, 0) is 6.54 Å². The van der Waals surface area contributed by atoms with Crippen molar-refractivity contribution in [2.45, 2.75) is 26.0 Å². The van der Waals surface area contributed by atoms with Gasteiger partial charge in [-0.15, -0.1) is 0 Å². The second kappa shape index (κ2) is 6.55. The number of aryl methyl sites for hydroxylation is 1. The fourth-order valence-electron chi connectivity index (χ4n) is 2.13. The number of hydrogen-bond donors (Lipinski definition) is 1. The lowest BCUT2D eigenvalue weighted by atomic mass is 10.1. The van der Waals surface area contributed by atoms with E-state index in [1.54, 1.807) is 6.26 Å². The highest BCUT2D eigenvalue weighted by atomic mass is 16.3. The summed E-state index contributed by atoms with van der Waals surface area (Å²) in [6.45, 7) is 3.67. The lowest BCUT2D eigenvalue weighted by Crippen LogP contribution is -2.21. The highest BCUT2D eigenvalue weighted by Gasteiger charge is 2.10. The Kier molecular flexibility index (Phi) is 4.77. The lowest BCUT2D eigenvalue weighted by Gasteiger charge is -2.18. The van der Waals surface area contributed by atoms with Crippen molar-refractivity contribution in [3.05, 3.63) is 59.5 Å². The summed E-state index contributed by atoms with van der Waals surface area (Å²) in [5.41, 5.74) is 2.19. The summed E-state index contributed by atoms with van der Waals surface area (Å²) >= 11 is 0. The SMILES string of the molecule is Cc1occc1CN(C)CCC(O)c1ccccc1. The van der Waals surface area contributed by atoms with Crippen LogP contribution in [-0.4, -0.2) is 23.6 Å². The second-order valence-corrected chi connectivity index (χ2v) is 4.95. The van der Waals surface area contributed by atoms with Gasteiger partial charge in [-0.25, -0.2) is 0 Å². The molecule has 0 fully saturated rings. The first kappa shape index (κ1) is 13.8. The van der Waals surface area contributed by atoms with Crippen molar-refractivity contribution in [2.75, 3.05) is 13.6 Å². The van der Waals surface area contributed by atoms with E-state index < -0.39 is 6.10 Å². The van der Waals surface area contributed by atoms with Crippen LogP contribution in [0.15, 0.2) is 47.1 Å². The highest BCUT2D eigenvalue weighted by molar-refractivity contribution is 5.17. The quantitative estimate of drug-likeness (QED) is 0.865. The molecule has 0 amide bonds. The molecular weight excluding hydrogens is 238 g/mol. The molecule has 1 N–H and O–H groups in total. The largest absolute Gasteiger partial charge is 0.469 e. The normalized spacial score (nSPS) is 12.8. The first-order valence-electron chi connectivity index (χ1n) is 6.61. The standard InChI is InChI=1S/C16H21NO2/c1-13-15(9-11-19-13)12-17(2)10-8-16(18)14-6-4-3-5-7-14/h3-7,9,11,16,18H,8,10,12H2,1-2H3. The van der Waals surface area contributed by atoms with Gasteiger partial charge >= 0.3 is 0 Å². The van der Waals surface area contributed by atoms with Gasteiger partial charge in [-0.3, -0.25) is 0 Å². The lowest BCUT2D eigenvalue weighted by molar-refractivity contribution is 0.147. The van der Waals surface area contributed by atoms with E-state index in [9.17, 15) is 5.11 Å². The van der Waals surface area contributed by atoms with Gasteiger partial charge in [0.05, 0.1) is 12.4 Å². The summed E-state index contributed by atoms with van der Waals surface area (Å²) < 4.78 is 5.28. The van der Waals surface area contributed by atoms with Gasteiger partial charge in [-0.1, -0.05) is 30.3 Å². The Hall–Kier alpha value is -1.58. The molecule has 1 aromatic heterocycles. The molecule has 3 nitrogen and oxygen atoms in total. The van der Waals surface area contributed by atoms with Crippen LogP contribution in [0.2, 0.25) is 0 Å². The number of nitrogens with zero attached hydrogens (tertiary/aromatic N) is 1. The van der Waals surface area contributed by atoms with Crippen LogP contribution in [0.4, 0.5) is 0 Å². The monoisotopic (exact) mass is 259 g/mol. The van der Waals surface area contributed by atoms with Crippen molar-refractivity contribution >= 4 is 0 Å². The van der Waals surface area contributed by atoms with Crippen LogP contribution < -0.4 is 0 Å². The molecule has 0 saturated carbocycles. The average Bonchev–Trinajstić information content (AvgIpc) is 2.82. The van der Waals surface area contributed by atoms with Crippen LogP contribution in [0.1, 0.15) is 29.4 Å². The number of aliphatic hydroxyl groups is 1. The van der Waals surface area contributed by atoms with E-state index in [2.05, 4.69) is 11.9 Å². The molecule has 2 rings (SSSR count). The number of aliphatic hydroxyl groups excluding tert-OH is 1. The van der Waals surface area contributed by atoms with Gasteiger partial charge in [0.2, 0.25) is 0 Å². The third-order valence-corrected chi connectivity index (χ3v) is 3.38. The average molecular weight is 259 g/mol. The molecule has 1 unspecified atom stereocenters. The Morgan fingerprint density at radius 2 is 1.95 bits per heavy atom. The molecule has 0 aliphatic heterocycles. The molecule has 1 heterocycles. The molecule has 102 valence electrons. The Morgan fingerprint density at radius 1 is 1.21 bits per heavy atom. The van der Waals surface area contributed by atoms with Crippen LogP contribution in [0.3, 0.4) is 0 Å². The van der Waals surface area contributed by atoms with Crippen LogP contribution in [0.25, 0.3) is 0 Å². The zero-order valence-electron chi connectivity index (χ0n) is 11.5. The third kappa shape index (κ3) is 3.94. The van der Waals surface area contributed by atoms with Crippen molar-refractivity contribution in [3.8, 4) is 0 Å². The predicted molar refractivity (Wildman–Crippen MR) is 75.8 cm³/mol. The minimum Gasteiger partial charge on any atom is -0.469 e. The minimum atomic E-state index is -0.394. The Bertz CT molecular complexity index is 492. The molecule has 3 heteroatoms. The predicted octanol–water partition coefficient (Wildman–Crippen LogP) is 3.14. The van der Waals surface area contributed by atoms with E-state index in [4.69, 9.17) is 4.42 Å². The van der Waals surface area contributed by atoms with Gasteiger partial charge in [-0.2, -0.15) is 0 Å². The molecule has 0 aliphatic carbocycles. The first-order chi connectivity index (χ1) is 9.16. The van der Waals surface area contributed by atoms with Gasteiger partial charge < -0.3 is 14.4 Å². The molecule has 0 aliphatic rings. The molecule has 2 aromatic rings. The summed E-state index contributed by atoms with van der Waals surface area (Å²) in [5.74, 6) is 0.968. The van der Waals surface area contributed by atoms with E-state index in [0.717, 1.165) is 30.8 Å². The maximum Gasteiger partial charge on any atom is 0.105 e. The topological polar surface area (TPSA) is 36.6 Å². The van der Waals surface area contributed by atoms with E-state index >= 15 is 0 Å². The summed E-state index contributed by atoms with van der Waals surface area (Å²) in [4.78, 5) is 2.20. The Balaban J connectivity index is 1.81. The van der Waals surface area contributed by atoms with Crippen molar-refractivity contribution < 1.29 is 9.52 Å². The van der Waals surface area contributed by atoms with E-state index in [0.29, 0.717) is 0 Å². The summed E-state index contributed by atoms with van der Waals surface area (Å²) in [5, 5.41) is 10.1. The zero-order valence-corrected chi connectivity index (χ0v) is 11.5. The maximum atomic E-state index is 10.1. The van der Waals surface area contributed by atoms with Gasteiger partial charge in [-0.05, 0) is 32.0 Å². The Morgan fingerprint density at radius 3 is 2.58 bits per heavy atom. The van der Waals surface area contributed by atoms with Crippen LogP contribution in [0, 0.1) is 6.92 Å². The molecular formula is C16H21NO2. The van der Waals surface area contributed by atoms with Gasteiger partial charge in [0, 0.05) is 18.7 Å². The number of rotatable bonds is 6. The number of furan rings is 1. The fraction of sp³-hybridized carbons (Fsp3) is 0.375. The molecule has 0 spiro atoms. The van der Waals surface area contributed by atoms with E-state index in [1.165, 1.54) is 5.56 Å². The van der Waals surface area contributed by atoms with Gasteiger partial charge in [0.25, 0.3) is 0 Å². The van der Waals surface area contributed by atoms with E-state index in [-0.39, 0.29) is 0 Å². The molecule has 0 radical (unpaired) electrons. The Labute approximate surface area is 114 Å². The number of hydrogen-bond acceptors (Lipinski definition) is 3. The van der Waals surface area contributed by atoms with Gasteiger partial charge in [0.1, 0.15) is 5.76 Å². The van der Waals surface area contributed by atoms with Crippen molar-refractivity contribution in [1.82, 2.24) is 4.90 Å². The maximum absolute atomic E-state index is 10.1. The van der Waals surface area contributed by atoms with E-state index in [1.807, 2.05) is 43.3 Å². The summed E-state index contributed by atoms with van der Waals surface area (Å²) in [6.07, 6.45) is 2.06. The fourth-order valence-corrected chi connectivity index (χ4v) is 2.13. The van der Waals surface area contributed by atoms with Crippen molar-refractivity contribution in [3.63, 3.8) is 0 Å². The summed E-state index contributed by atoms with van der Waals surface area (Å²) in [6, 6.07) is 11.8. The number of benzene rings is 1. The zero-order chi connectivity index (χ0) is 13.7. The molecule has 19 heavy (non-hydrogen) atoms. The van der Waals surface area contributed by atoms with Crippen molar-refractivity contribution in [2.24, 2.45) is 0 Å².